The first-order valence-electron chi connectivity index (χ1n) is 8.30. The van der Waals surface area contributed by atoms with E-state index in [4.69, 9.17) is 4.42 Å². The fourth-order valence-electron chi connectivity index (χ4n) is 4.12. The minimum atomic E-state index is 0.353. The van der Waals surface area contributed by atoms with Gasteiger partial charge >= 0.3 is 0 Å². The lowest BCUT2D eigenvalue weighted by atomic mass is 9.90. The topological polar surface area (TPSA) is 25.2 Å². The molecule has 22 heavy (non-hydrogen) atoms. The molecular weight excluding hydrogens is 270 g/mol. The summed E-state index contributed by atoms with van der Waals surface area (Å²) < 4.78 is 6.01. The maximum absolute atomic E-state index is 6.01. The SMILES string of the molecule is CC1(C)Cc2ccc(Nc3cc4c(o3)CC(C)(C)C4)cc2C1. The van der Waals surface area contributed by atoms with E-state index in [9.17, 15) is 0 Å². The van der Waals surface area contributed by atoms with Crippen LogP contribution < -0.4 is 5.32 Å². The molecule has 2 aliphatic carbocycles. The van der Waals surface area contributed by atoms with Gasteiger partial charge in [-0.15, -0.1) is 0 Å². The van der Waals surface area contributed by atoms with Crippen molar-refractivity contribution in [3.63, 3.8) is 0 Å². The molecule has 0 saturated carbocycles. The predicted molar refractivity (Wildman–Crippen MR) is 90.8 cm³/mol. The number of benzene rings is 1. The lowest BCUT2D eigenvalue weighted by Crippen LogP contribution is -2.10. The van der Waals surface area contributed by atoms with Crippen molar-refractivity contribution < 1.29 is 4.42 Å². The monoisotopic (exact) mass is 295 g/mol. The van der Waals surface area contributed by atoms with Crippen molar-refractivity contribution in [2.75, 3.05) is 5.32 Å². The summed E-state index contributed by atoms with van der Waals surface area (Å²) in [7, 11) is 0. The Morgan fingerprint density at radius 1 is 0.818 bits per heavy atom. The molecule has 4 rings (SSSR count). The second kappa shape index (κ2) is 4.41. The third-order valence-corrected chi connectivity index (χ3v) is 5.02. The highest BCUT2D eigenvalue weighted by Gasteiger charge is 2.32. The van der Waals surface area contributed by atoms with Gasteiger partial charge in [0.1, 0.15) is 5.76 Å². The van der Waals surface area contributed by atoms with Crippen LogP contribution in [0.2, 0.25) is 0 Å². The number of hydrogen-bond acceptors (Lipinski definition) is 2. The molecule has 0 amide bonds. The summed E-state index contributed by atoms with van der Waals surface area (Å²) in [6.07, 6.45) is 4.52. The first-order chi connectivity index (χ1) is 10.3. The minimum Gasteiger partial charge on any atom is -0.445 e. The fourth-order valence-corrected chi connectivity index (χ4v) is 4.12. The molecule has 1 N–H and O–H groups in total. The molecule has 2 nitrogen and oxygen atoms in total. The highest BCUT2D eigenvalue weighted by Crippen LogP contribution is 2.41. The zero-order valence-electron chi connectivity index (χ0n) is 14.0. The van der Waals surface area contributed by atoms with Gasteiger partial charge in [0, 0.05) is 18.2 Å². The average molecular weight is 295 g/mol. The Bertz CT molecular complexity index is 711. The molecule has 1 aromatic heterocycles. The minimum absolute atomic E-state index is 0.353. The quantitative estimate of drug-likeness (QED) is 0.816. The molecule has 0 bridgehead atoms. The molecule has 2 aliphatic rings. The van der Waals surface area contributed by atoms with Crippen molar-refractivity contribution in [1.82, 2.24) is 0 Å². The number of fused-ring (bicyclic) bond motifs is 2. The summed E-state index contributed by atoms with van der Waals surface area (Å²) in [5, 5.41) is 3.45. The van der Waals surface area contributed by atoms with Crippen LogP contribution >= 0.6 is 0 Å². The smallest absolute Gasteiger partial charge is 0.197 e. The average Bonchev–Trinajstić information content (AvgIpc) is 2.94. The van der Waals surface area contributed by atoms with Gasteiger partial charge in [-0.25, -0.2) is 0 Å². The lowest BCUT2D eigenvalue weighted by molar-refractivity contribution is 0.367. The van der Waals surface area contributed by atoms with Gasteiger partial charge in [0.05, 0.1) is 0 Å². The molecule has 0 fully saturated rings. The summed E-state index contributed by atoms with van der Waals surface area (Å²) in [6, 6.07) is 8.92. The van der Waals surface area contributed by atoms with Crippen LogP contribution in [0.3, 0.4) is 0 Å². The van der Waals surface area contributed by atoms with Crippen LogP contribution in [-0.2, 0) is 25.7 Å². The Balaban J connectivity index is 1.54. The first kappa shape index (κ1) is 13.9. The number of anilines is 2. The molecule has 0 radical (unpaired) electrons. The molecule has 116 valence electrons. The molecule has 0 atom stereocenters. The fraction of sp³-hybridized carbons (Fsp3) is 0.500. The summed E-state index contributed by atoms with van der Waals surface area (Å²) in [4.78, 5) is 0. The molecule has 1 heterocycles. The van der Waals surface area contributed by atoms with Gasteiger partial charge in [-0.2, -0.15) is 0 Å². The van der Waals surface area contributed by atoms with Crippen LogP contribution in [0.4, 0.5) is 11.6 Å². The molecule has 0 unspecified atom stereocenters. The van der Waals surface area contributed by atoms with E-state index < -0.39 is 0 Å². The van der Waals surface area contributed by atoms with Crippen LogP contribution in [0.5, 0.6) is 0 Å². The maximum atomic E-state index is 6.01. The number of hydrogen-bond donors (Lipinski definition) is 1. The van der Waals surface area contributed by atoms with Gasteiger partial charge < -0.3 is 9.73 Å². The van der Waals surface area contributed by atoms with Gasteiger partial charge in [-0.05, 0) is 58.9 Å². The van der Waals surface area contributed by atoms with Crippen molar-refractivity contribution in [2.24, 2.45) is 10.8 Å². The molecule has 0 spiro atoms. The molecule has 2 aromatic rings. The molecular formula is C20H25NO. The largest absolute Gasteiger partial charge is 0.445 e. The van der Waals surface area contributed by atoms with E-state index in [0.717, 1.165) is 30.2 Å². The van der Waals surface area contributed by atoms with Crippen LogP contribution in [0.1, 0.15) is 50.1 Å². The Morgan fingerprint density at radius 2 is 1.50 bits per heavy atom. The Labute approximate surface area is 132 Å². The van der Waals surface area contributed by atoms with Gasteiger partial charge in [-0.3, -0.25) is 0 Å². The van der Waals surface area contributed by atoms with Crippen LogP contribution in [0.15, 0.2) is 28.7 Å². The summed E-state index contributed by atoms with van der Waals surface area (Å²) in [5.41, 5.74) is 6.25. The zero-order valence-corrected chi connectivity index (χ0v) is 14.0. The Hall–Kier alpha value is -1.70. The van der Waals surface area contributed by atoms with Gasteiger partial charge in [0.25, 0.3) is 0 Å². The van der Waals surface area contributed by atoms with Gasteiger partial charge in [0.15, 0.2) is 5.88 Å². The third kappa shape index (κ3) is 2.45. The first-order valence-corrected chi connectivity index (χ1v) is 8.30. The molecule has 0 aliphatic heterocycles. The predicted octanol–water partition coefficient (Wildman–Crippen LogP) is 5.27. The normalized spacial score (nSPS) is 20.7. The van der Waals surface area contributed by atoms with Crippen LogP contribution in [-0.4, -0.2) is 0 Å². The van der Waals surface area contributed by atoms with E-state index in [1.54, 1.807) is 0 Å². The van der Waals surface area contributed by atoms with Crippen molar-refractivity contribution in [3.8, 4) is 0 Å². The van der Waals surface area contributed by atoms with Crippen molar-refractivity contribution in [2.45, 2.75) is 53.4 Å². The lowest BCUT2D eigenvalue weighted by Gasteiger charge is -2.15. The summed E-state index contributed by atoms with van der Waals surface area (Å²) in [6.45, 7) is 9.30. The molecule has 2 heteroatoms. The number of rotatable bonds is 2. The zero-order chi connectivity index (χ0) is 15.5. The van der Waals surface area contributed by atoms with E-state index in [1.807, 2.05) is 0 Å². The van der Waals surface area contributed by atoms with Crippen LogP contribution in [0.25, 0.3) is 0 Å². The van der Waals surface area contributed by atoms with Crippen molar-refractivity contribution >= 4 is 11.6 Å². The second-order valence-electron chi connectivity index (χ2n) is 8.70. The van der Waals surface area contributed by atoms with Crippen LogP contribution in [0, 0.1) is 10.8 Å². The van der Waals surface area contributed by atoms with Gasteiger partial charge in [0.2, 0.25) is 0 Å². The van der Waals surface area contributed by atoms with E-state index >= 15 is 0 Å². The Morgan fingerprint density at radius 3 is 2.27 bits per heavy atom. The number of nitrogens with one attached hydrogen (secondary N) is 1. The number of furan rings is 1. The summed E-state index contributed by atoms with van der Waals surface area (Å²) >= 11 is 0. The van der Waals surface area contributed by atoms with E-state index in [1.165, 1.54) is 29.5 Å². The van der Waals surface area contributed by atoms with Gasteiger partial charge in [-0.1, -0.05) is 33.8 Å². The molecule has 0 saturated heterocycles. The Kier molecular flexibility index (Phi) is 2.79. The van der Waals surface area contributed by atoms with Crippen molar-refractivity contribution in [1.29, 1.82) is 0 Å². The maximum Gasteiger partial charge on any atom is 0.197 e. The highest BCUT2D eigenvalue weighted by molar-refractivity contribution is 5.59. The standard InChI is InChI=1S/C20H25NO/c1-19(2)9-13-5-6-16(7-14(13)10-19)21-18-8-15-11-20(3,4)12-17(15)22-18/h5-8,21H,9-12H2,1-4H3. The third-order valence-electron chi connectivity index (χ3n) is 5.02. The van der Waals surface area contributed by atoms with Crippen molar-refractivity contribution in [3.05, 3.63) is 46.7 Å². The highest BCUT2D eigenvalue weighted by atomic mass is 16.4. The molecule has 1 aromatic carbocycles. The van der Waals surface area contributed by atoms with E-state index in [-0.39, 0.29) is 0 Å². The van der Waals surface area contributed by atoms with E-state index in [0.29, 0.717) is 10.8 Å². The second-order valence-corrected chi connectivity index (χ2v) is 8.70. The summed E-state index contributed by atoms with van der Waals surface area (Å²) in [5.74, 6) is 2.05. The van der Waals surface area contributed by atoms with E-state index in [2.05, 4.69) is 57.3 Å².